The van der Waals surface area contributed by atoms with Crippen LogP contribution >= 0.6 is 0 Å². The van der Waals surface area contributed by atoms with Crippen LogP contribution in [-0.2, 0) is 4.79 Å². The molecule has 1 aliphatic rings. The Morgan fingerprint density at radius 3 is 2.69 bits per heavy atom. The molecule has 2 heterocycles. The van der Waals surface area contributed by atoms with Gasteiger partial charge < -0.3 is 14.5 Å². The molecule has 2 aromatic rings. The molecule has 1 N–H and O–H groups in total. The Morgan fingerprint density at radius 2 is 2.00 bits per heavy atom. The van der Waals surface area contributed by atoms with Gasteiger partial charge in [0.05, 0.1) is 12.3 Å². The van der Waals surface area contributed by atoms with Crippen molar-refractivity contribution in [2.45, 2.75) is 39.2 Å². The molecule has 0 saturated carbocycles. The summed E-state index contributed by atoms with van der Waals surface area (Å²) in [5.41, 5.74) is 2.37. The molecule has 1 aliphatic heterocycles. The first kappa shape index (κ1) is 18.5. The third kappa shape index (κ3) is 4.88. The highest BCUT2D eigenvalue weighted by atomic mass is 16.5. The minimum Gasteiger partial charge on any atom is -0.484 e. The van der Waals surface area contributed by atoms with E-state index in [0.717, 1.165) is 30.2 Å². The quantitative estimate of drug-likeness (QED) is 0.823. The van der Waals surface area contributed by atoms with Crippen LogP contribution in [0.1, 0.15) is 42.2 Å². The topological polar surface area (TPSA) is 54.7 Å². The number of aryl methyl sites for hydroxylation is 2. The summed E-state index contributed by atoms with van der Waals surface area (Å²) in [6.45, 7) is 6.73. The van der Waals surface area contributed by atoms with Gasteiger partial charge in [-0.25, -0.2) is 0 Å². The first-order valence-electron chi connectivity index (χ1n) is 9.37. The Hall–Kier alpha value is -2.27. The minimum absolute atomic E-state index is 0.0212. The summed E-state index contributed by atoms with van der Waals surface area (Å²) in [5, 5.41) is 3.00. The summed E-state index contributed by atoms with van der Waals surface area (Å²) in [5.74, 6) is 1.51. The van der Waals surface area contributed by atoms with Crippen LogP contribution in [0.25, 0.3) is 0 Å². The zero-order valence-corrected chi connectivity index (χ0v) is 15.7. The fourth-order valence-corrected chi connectivity index (χ4v) is 3.33. The van der Waals surface area contributed by atoms with Crippen molar-refractivity contribution in [2.75, 3.05) is 26.2 Å². The van der Waals surface area contributed by atoms with Crippen molar-refractivity contribution < 1.29 is 13.9 Å². The van der Waals surface area contributed by atoms with Crippen LogP contribution in [0, 0.1) is 13.8 Å². The number of hydrogen-bond acceptors (Lipinski definition) is 4. The highest BCUT2D eigenvalue weighted by Gasteiger charge is 2.24. The maximum Gasteiger partial charge on any atom is 0.258 e. The van der Waals surface area contributed by atoms with Crippen LogP contribution in [0.5, 0.6) is 5.75 Å². The van der Waals surface area contributed by atoms with E-state index in [9.17, 15) is 4.79 Å². The molecule has 0 aliphatic carbocycles. The first-order chi connectivity index (χ1) is 12.6. The van der Waals surface area contributed by atoms with E-state index in [-0.39, 0.29) is 18.6 Å². The Balaban J connectivity index is 1.52. The largest absolute Gasteiger partial charge is 0.484 e. The lowest BCUT2D eigenvalue weighted by Gasteiger charge is -2.33. The number of nitrogens with zero attached hydrogens (tertiary/aromatic N) is 1. The summed E-state index contributed by atoms with van der Waals surface area (Å²) >= 11 is 0. The Labute approximate surface area is 155 Å². The normalized spacial score (nSPS) is 16.2. The van der Waals surface area contributed by atoms with Crippen molar-refractivity contribution in [1.29, 1.82) is 0 Å². The molecule has 26 heavy (non-hydrogen) atoms. The lowest BCUT2D eigenvalue weighted by atomic mass is 10.1. The second kappa shape index (κ2) is 8.90. The lowest BCUT2D eigenvalue weighted by molar-refractivity contribution is -0.123. The average molecular weight is 356 g/mol. The number of likely N-dealkylation sites (tertiary alicyclic amines) is 1. The van der Waals surface area contributed by atoms with Crippen LogP contribution in [0.2, 0.25) is 0 Å². The fourth-order valence-electron chi connectivity index (χ4n) is 3.33. The Morgan fingerprint density at radius 1 is 1.19 bits per heavy atom. The SMILES string of the molecule is Cc1ccc(OCC(=O)NCC(c2ccco2)N2CCCCC2)cc1C. The molecule has 5 nitrogen and oxygen atoms in total. The summed E-state index contributed by atoms with van der Waals surface area (Å²) in [6.07, 6.45) is 5.36. The molecule has 1 amide bonds. The number of carbonyl (C=O) groups is 1. The van der Waals surface area contributed by atoms with Crippen molar-refractivity contribution >= 4 is 5.91 Å². The van der Waals surface area contributed by atoms with E-state index in [0.29, 0.717) is 6.54 Å². The van der Waals surface area contributed by atoms with Crippen LogP contribution in [-0.4, -0.2) is 37.0 Å². The molecule has 140 valence electrons. The number of benzene rings is 1. The highest BCUT2D eigenvalue weighted by molar-refractivity contribution is 5.77. The van der Waals surface area contributed by atoms with E-state index in [1.165, 1.54) is 24.8 Å². The third-order valence-corrected chi connectivity index (χ3v) is 5.04. The summed E-state index contributed by atoms with van der Waals surface area (Å²) in [7, 11) is 0. The molecule has 1 unspecified atom stereocenters. The standard InChI is InChI=1S/C21H28N2O3/c1-16-8-9-18(13-17(16)2)26-15-21(24)22-14-19(20-7-6-12-25-20)23-10-4-3-5-11-23/h6-9,12-13,19H,3-5,10-11,14-15H2,1-2H3,(H,22,24). The van der Waals surface area contributed by atoms with Gasteiger partial charge in [0.25, 0.3) is 5.91 Å². The number of rotatable bonds is 7. The molecule has 3 rings (SSSR count). The zero-order valence-electron chi connectivity index (χ0n) is 15.7. The molecule has 5 heteroatoms. The van der Waals surface area contributed by atoms with E-state index in [2.05, 4.69) is 17.1 Å². The Kier molecular flexibility index (Phi) is 6.34. The average Bonchev–Trinajstić information content (AvgIpc) is 3.18. The van der Waals surface area contributed by atoms with Crippen LogP contribution in [0.4, 0.5) is 0 Å². The lowest BCUT2D eigenvalue weighted by Crippen LogP contribution is -2.41. The maximum atomic E-state index is 12.2. The number of hydrogen-bond donors (Lipinski definition) is 1. The molecule has 1 atom stereocenters. The van der Waals surface area contributed by atoms with Crippen LogP contribution < -0.4 is 10.1 Å². The zero-order chi connectivity index (χ0) is 18.4. The van der Waals surface area contributed by atoms with E-state index in [4.69, 9.17) is 9.15 Å². The van der Waals surface area contributed by atoms with E-state index in [1.807, 2.05) is 37.3 Å². The first-order valence-corrected chi connectivity index (χ1v) is 9.37. The third-order valence-electron chi connectivity index (χ3n) is 5.04. The highest BCUT2D eigenvalue weighted by Crippen LogP contribution is 2.24. The van der Waals surface area contributed by atoms with Crippen LogP contribution in [0.15, 0.2) is 41.0 Å². The molecule has 0 spiro atoms. The fraction of sp³-hybridized carbons (Fsp3) is 0.476. The number of piperidine rings is 1. The van der Waals surface area contributed by atoms with Gasteiger partial charge in [0.15, 0.2) is 6.61 Å². The van der Waals surface area contributed by atoms with Gasteiger partial charge in [-0.05, 0) is 75.2 Å². The van der Waals surface area contributed by atoms with Crippen LogP contribution in [0.3, 0.4) is 0 Å². The van der Waals surface area contributed by atoms with Gasteiger partial charge in [0.2, 0.25) is 0 Å². The number of nitrogens with one attached hydrogen (secondary N) is 1. The number of ether oxygens (including phenoxy) is 1. The molecule has 1 saturated heterocycles. The van der Waals surface area contributed by atoms with Crippen molar-refractivity contribution in [2.24, 2.45) is 0 Å². The minimum atomic E-state index is -0.114. The van der Waals surface area contributed by atoms with Gasteiger partial charge in [0, 0.05) is 6.54 Å². The number of furan rings is 1. The summed E-state index contributed by atoms with van der Waals surface area (Å²) in [4.78, 5) is 14.6. The second-order valence-electron chi connectivity index (χ2n) is 6.97. The van der Waals surface area contributed by atoms with E-state index >= 15 is 0 Å². The molecular weight excluding hydrogens is 328 g/mol. The molecule has 1 fully saturated rings. The molecule has 0 radical (unpaired) electrons. The molecular formula is C21H28N2O3. The van der Waals surface area contributed by atoms with Crippen molar-refractivity contribution in [3.05, 3.63) is 53.5 Å². The molecule has 0 bridgehead atoms. The summed E-state index contributed by atoms with van der Waals surface area (Å²) < 4.78 is 11.2. The van der Waals surface area contributed by atoms with Crippen molar-refractivity contribution in [3.63, 3.8) is 0 Å². The number of carbonyl (C=O) groups excluding carboxylic acids is 1. The predicted octanol–water partition coefficient (Wildman–Crippen LogP) is 3.62. The van der Waals surface area contributed by atoms with E-state index < -0.39 is 0 Å². The van der Waals surface area contributed by atoms with Crippen molar-refractivity contribution in [1.82, 2.24) is 10.2 Å². The van der Waals surface area contributed by atoms with E-state index in [1.54, 1.807) is 6.26 Å². The maximum absolute atomic E-state index is 12.2. The van der Waals surface area contributed by atoms with Crippen molar-refractivity contribution in [3.8, 4) is 5.75 Å². The monoisotopic (exact) mass is 356 g/mol. The van der Waals surface area contributed by atoms with Gasteiger partial charge in [-0.2, -0.15) is 0 Å². The number of amides is 1. The van der Waals surface area contributed by atoms with Gasteiger partial charge in [-0.1, -0.05) is 12.5 Å². The Bertz CT molecular complexity index is 706. The van der Waals surface area contributed by atoms with Gasteiger partial charge in [-0.15, -0.1) is 0 Å². The van der Waals surface area contributed by atoms with Gasteiger partial charge in [-0.3, -0.25) is 9.69 Å². The smallest absolute Gasteiger partial charge is 0.258 e. The molecule has 1 aromatic heterocycles. The van der Waals surface area contributed by atoms with Gasteiger partial charge in [0.1, 0.15) is 11.5 Å². The predicted molar refractivity (Wildman–Crippen MR) is 101 cm³/mol. The summed E-state index contributed by atoms with van der Waals surface area (Å²) in [6, 6.07) is 9.83. The molecule has 1 aromatic carbocycles. The second-order valence-corrected chi connectivity index (χ2v) is 6.97. The van der Waals surface area contributed by atoms with Gasteiger partial charge >= 0.3 is 0 Å².